The number of aryl methyl sites for hydroxylation is 1. The van der Waals surface area contributed by atoms with Crippen molar-refractivity contribution in [1.29, 1.82) is 0 Å². The van der Waals surface area contributed by atoms with Gasteiger partial charge in [0.1, 0.15) is 10.6 Å². The number of rotatable bonds is 4. The number of benzene rings is 2. The van der Waals surface area contributed by atoms with E-state index < -0.39 is 55.6 Å². The predicted octanol–water partition coefficient (Wildman–Crippen LogP) is 5.30. The highest BCUT2D eigenvalue weighted by Gasteiger charge is 2.62. The zero-order valence-electron chi connectivity index (χ0n) is 17.5. The van der Waals surface area contributed by atoms with Gasteiger partial charge in [0.15, 0.2) is 9.84 Å². The molecule has 2 aromatic carbocycles. The van der Waals surface area contributed by atoms with Gasteiger partial charge in [0.25, 0.3) is 0 Å². The molecule has 4 rings (SSSR count). The van der Waals surface area contributed by atoms with Crippen LogP contribution in [-0.2, 0) is 31.5 Å². The molecule has 0 heterocycles. The number of aliphatic carboxylic acids is 1. The van der Waals surface area contributed by atoms with Crippen molar-refractivity contribution in [3.8, 4) is 0 Å². The third kappa shape index (κ3) is 3.36. The van der Waals surface area contributed by atoms with Crippen molar-refractivity contribution in [1.82, 2.24) is 0 Å². The first-order valence-corrected chi connectivity index (χ1v) is 11.8. The van der Waals surface area contributed by atoms with E-state index in [2.05, 4.69) is 0 Å². The standard InChI is InChI=1S/C23H21F5O4S/c1-21(25,23(26,27)28)14-3-9-18-13(12-14)2-8-19-17(20(29)30)10-11-22(18,19)33(31,32)16-6-4-15(24)5-7-16/h3-7,9,12,17,19H,2,8,10-11H2,1H3,(H,29,30)/t17-,19+,21?,22-/m0/s1. The van der Waals surface area contributed by atoms with E-state index in [0.717, 1.165) is 36.4 Å². The Morgan fingerprint density at radius 1 is 1.06 bits per heavy atom. The van der Waals surface area contributed by atoms with Gasteiger partial charge >= 0.3 is 12.1 Å². The van der Waals surface area contributed by atoms with Crippen LogP contribution in [0.25, 0.3) is 0 Å². The molecule has 2 aliphatic carbocycles. The summed E-state index contributed by atoms with van der Waals surface area (Å²) in [7, 11) is -4.28. The third-order valence-electron chi connectivity index (χ3n) is 7.19. The van der Waals surface area contributed by atoms with Crippen LogP contribution in [0.15, 0.2) is 47.4 Å². The van der Waals surface area contributed by atoms with Crippen molar-refractivity contribution in [2.45, 2.75) is 54.1 Å². The summed E-state index contributed by atoms with van der Waals surface area (Å²) >= 11 is 0. The highest BCUT2D eigenvalue weighted by molar-refractivity contribution is 7.92. The van der Waals surface area contributed by atoms with Gasteiger partial charge in [-0.25, -0.2) is 17.2 Å². The first-order chi connectivity index (χ1) is 15.2. The number of hydrogen-bond acceptors (Lipinski definition) is 3. The molecule has 0 spiro atoms. The van der Waals surface area contributed by atoms with Crippen LogP contribution in [0.4, 0.5) is 22.0 Å². The number of fused-ring (bicyclic) bond motifs is 3. The number of carboxylic acids is 1. The lowest BCUT2D eigenvalue weighted by Crippen LogP contribution is -2.45. The first kappa shape index (κ1) is 23.7. The second kappa shape index (κ2) is 7.51. The van der Waals surface area contributed by atoms with Crippen molar-refractivity contribution < 1.29 is 40.3 Å². The molecular formula is C23H21F5O4S. The number of alkyl halides is 4. The highest BCUT2D eigenvalue weighted by atomic mass is 32.2. The zero-order chi connectivity index (χ0) is 24.4. The molecule has 1 N–H and O–H groups in total. The summed E-state index contributed by atoms with van der Waals surface area (Å²) in [6, 6.07) is 7.29. The smallest absolute Gasteiger partial charge is 0.426 e. The van der Waals surface area contributed by atoms with E-state index in [1.54, 1.807) is 0 Å². The van der Waals surface area contributed by atoms with E-state index in [1.807, 2.05) is 0 Å². The fraction of sp³-hybridized carbons (Fsp3) is 0.435. The SMILES string of the molecule is CC(F)(c1ccc2c(c1)CC[C@@H]1[C@@H](C(=O)O)CC[C@]21S(=O)(=O)c1ccc(F)cc1)C(F)(F)F. The van der Waals surface area contributed by atoms with Gasteiger partial charge < -0.3 is 5.11 Å². The monoisotopic (exact) mass is 488 g/mol. The van der Waals surface area contributed by atoms with E-state index in [0.29, 0.717) is 6.92 Å². The van der Waals surface area contributed by atoms with Crippen molar-refractivity contribution in [2.24, 2.45) is 11.8 Å². The molecule has 2 aromatic rings. The summed E-state index contributed by atoms with van der Waals surface area (Å²) in [5.74, 6) is -3.59. The Labute approximate surface area is 187 Å². The number of carboxylic acid groups (broad SMARTS) is 1. The number of hydrogen-bond donors (Lipinski definition) is 1. The second-order valence-corrected chi connectivity index (χ2v) is 11.1. The maximum atomic E-state index is 14.6. The van der Waals surface area contributed by atoms with Crippen LogP contribution in [0.1, 0.15) is 42.9 Å². The molecule has 1 unspecified atom stereocenters. The summed E-state index contributed by atoms with van der Waals surface area (Å²) in [6.07, 6.45) is -4.95. The molecule has 0 amide bonds. The van der Waals surface area contributed by atoms with Gasteiger partial charge in [-0.05, 0) is 79.5 Å². The Kier molecular flexibility index (Phi) is 5.39. The van der Waals surface area contributed by atoms with Crippen molar-refractivity contribution in [3.05, 3.63) is 65.0 Å². The van der Waals surface area contributed by atoms with Crippen LogP contribution < -0.4 is 0 Å². The summed E-state index contributed by atoms with van der Waals surface area (Å²) in [5.41, 5.74) is -3.85. The van der Waals surface area contributed by atoms with E-state index in [-0.39, 0.29) is 41.7 Å². The Hall–Kier alpha value is -2.49. The van der Waals surface area contributed by atoms with Gasteiger partial charge in [0, 0.05) is 0 Å². The minimum atomic E-state index is -5.17. The Balaban J connectivity index is 1.94. The first-order valence-electron chi connectivity index (χ1n) is 10.4. The molecule has 10 heteroatoms. The van der Waals surface area contributed by atoms with Crippen LogP contribution in [0.5, 0.6) is 0 Å². The lowest BCUT2D eigenvalue weighted by molar-refractivity contribution is -0.228. The highest BCUT2D eigenvalue weighted by Crippen LogP contribution is 2.59. The molecule has 0 saturated heterocycles. The Morgan fingerprint density at radius 2 is 1.70 bits per heavy atom. The van der Waals surface area contributed by atoms with Gasteiger partial charge in [0.05, 0.1) is 10.8 Å². The molecule has 0 aromatic heterocycles. The summed E-state index contributed by atoms with van der Waals surface area (Å²) in [6.45, 7) is 0.404. The van der Waals surface area contributed by atoms with E-state index in [1.165, 1.54) is 6.07 Å². The van der Waals surface area contributed by atoms with Gasteiger partial charge in [-0.15, -0.1) is 0 Å². The topological polar surface area (TPSA) is 71.4 Å². The Bertz CT molecular complexity index is 1200. The van der Waals surface area contributed by atoms with Gasteiger partial charge in [0.2, 0.25) is 5.67 Å². The zero-order valence-corrected chi connectivity index (χ0v) is 18.3. The van der Waals surface area contributed by atoms with Crippen LogP contribution in [0, 0.1) is 17.7 Å². The third-order valence-corrected chi connectivity index (χ3v) is 9.77. The predicted molar refractivity (Wildman–Crippen MR) is 108 cm³/mol. The van der Waals surface area contributed by atoms with Crippen molar-refractivity contribution in [2.75, 3.05) is 0 Å². The summed E-state index contributed by atoms with van der Waals surface area (Å²) in [5, 5.41) is 9.71. The number of carbonyl (C=O) groups is 1. The summed E-state index contributed by atoms with van der Waals surface area (Å²) < 4.78 is 93.9. The van der Waals surface area contributed by atoms with E-state index in [9.17, 15) is 40.3 Å². The molecule has 4 nitrogen and oxygen atoms in total. The van der Waals surface area contributed by atoms with Crippen LogP contribution in [-0.4, -0.2) is 25.7 Å². The van der Waals surface area contributed by atoms with Crippen molar-refractivity contribution >= 4 is 15.8 Å². The molecular weight excluding hydrogens is 467 g/mol. The van der Waals surface area contributed by atoms with Gasteiger partial charge in [-0.2, -0.15) is 13.2 Å². The number of halogens is 5. The maximum Gasteiger partial charge on any atom is 0.426 e. The second-order valence-electron chi connectivity index (χ2n) is 8.85. The molecule has 178 valence electrons. The fourth-order valence-electron chi connectivity index (χ4n) is 5.43. The van der Waals surface area contributed by atoms with Crippen LogP contribution in [0.2, 0.25) is 0 Å². The quantitative estimate of drug-likeness (QED) is 0.469. The molecule has 0 radical (unpaired) electrons. The molecule has 1 fully saturated rings. The molecule has 0 aliphatic heterocycles. The lowest BCUT2D eigenvalue weighted by Gasteiger charge is -2.42. The molecule has 4 atom stereocenters. The largest absolute Gasteiger partial charge is 0.481 e. The van der Waals surface area contributed by atoms with E-state index in [4.69, 9.17) is 0 Å². The molecule has 1 saturated carbocycles. The fourth-order valence-corrected chi connectivity index (χ4v) is 7.90. The molecule has 33 heavy (non-hydrogen) atoms. The van der Waals surface area contributed by atoms with Crippen molar-refractivity contribution in [3.63, 3.8) is 0 Å². The summed E-state index contributed by atoms with van der Waals surface area (Å²) in [4.78, 5) is 11.7. The van der Waals surface area contributed by atoms with Crippen LogP contribution in [0.3, 0.4) is 0 Å². The van der Waals surface area contributed by atoms with Gasteiger partial charge in [-0.3, -0.25) is 4.79 Å². The Morgan fingerprint density at radius 3 is 2.27 bits per heavy atom. The molecule has 0 bridgehead atoms. The average molecular weight is 488 g/mol. The maximum absolute atomic E-state index is 14.6. The van der Waals surface area contributed by atoms with E-state index >= 15 is 0 Å². The molecule has 2 aliphatic rings. The minimum absolute atomic E-state index is 0.0605. The number of sulfone groups is 1. The lowest BCUT2D eigenvalue weighted by atomic mass is 9.72. The average Bonchev–Trinajstić information content (AvgIpc) is 3.15. The minimum Gasteiger partial charge on any atom is -0.481 e. The normalized spacial score (nSPS) is 26.8. The van der Waals surface area contributed by atoms with Gasteiger partial charge in [-0.1, -0.05) is 18.2 Å². The van der Waals surface area contributed by atoms with Crippen LogP contribution >= 0.6 is 0 Å².